The molecule has 0 spiro atoms. The molecule has 0 radical (unpaired) electrons. The minimum Gasteiger partial charge on any atom is -0.391 e. The molecule has 2 aliphatic rings. The third kappa shape index (κ3) is 6.18. The van der Waals surface area contributed by atoms with Crippen LogP contribution in [0.5, 0.6) is 0 Å². The van der Waals surface area contributed by atoms with Crippen LogP contribution in [0.2, 0.25) is 0 Å². The number of benzene rings is 2. The molecule has 11 nitrogen and oxygen atoms in total. The van der Waals surface area contributed by atoms with Gasteiger partial charge in [0.15, 0.2) is 5.84 Å². The molecule has 3 heterocycles. The zero-order valence-corrected chi connectivity index (χ0v) is 25.4. The van der Waals surface area contributed by atoms with Crippen molar-refractivity contribution in [2.45, 2.75) is 90.4 Å². The van der Waals surface area contributed by atoms with Crippen molar-refractivity contribution in [1.29, 1.82) is 0 Å². The summed E-state index contributed by atoms with van der Waals surface area (Å²) in [6.07, 6.45) is 3.69. The van der Waals surface area contributed by atoms with Gasteiger partial charge in [0.2, 0.25) is 5.78 Å². The maximum absolute atomic E-state index is 14.4. The second-order valence-corrected chi connectivity index (χ2v) is 11.8. The van der Waals surface area contributed by atoms with E-state index >= 15 is 0 Å². The summed E-state index contributed by atoms with van der Waals surface area (Å²) < 4.78 is 9.65. The molecule has 44 heavy (non-hydrogen) atoms. The van der Waals surface area contributed by atoms with Crippen LogP contribution in [-0.4, -0.2) is 60.4 Å². The van der Waals surface area contributed by atoms with Crippen molar-refractivity contribution in [3.8, 4) is 11.1 Å². The third-order valence-corrected chi connectivity index (χ3v) is 8.39. The number of amidine groups is 1. The van der Waals surface area contributed by atoms with E-state index in [0.29, 0.717) is 30.5 Å². The highest BCUT2D eigenvalue weighted by molar-refractivity contribution is 6.04. The zero-order chi connectivity index (χ0) is 30.8. The quantitative estimate of drug-likeness (QED) is 0.250. The van der Waals surface area contributed by atoms with Gasteiger partial charge in [-0.1, -0.05) is 61.9 Å². The number of hydrogen-bond donors (Lipinski definition) is 3. The lowest BCUT2D eigenvalue weighted by Crippen LogP contribution is -2.35. The summed E-state index contributed by atoms with van der Waals surface area (Å²) in [5.41, 5.74) is 8.14. The van der Waals surface area contributed by atoms with Gasteiger partial charge in [0.05, 0.1) is 24.5 Å². The monoisotopic (exact) mass is 600 g/mol. The van der Waals surface area contributed by atoms with Crippen LogP contribution in [0.3, 0.4) is 0 Å². The number of rotatable bonds is 10. The molecule has 2 aromatic heterocycles. The van der Waals surface area contributed by atoms with Gasteiger partial charge >= 0.3 is 0 Å². The van der Waals surface area contributed by atoms with Gasteiger partial charge in [-0.25, -0.2) is 19.8 Å². The normalized spacial score (nSPS) is 20.9. The van der Waals surface area contributed by atoms with E-state index in [1.54, 1.807) is 6.92 Å². The van der Waals surface area contributed by atoms with E-state index in [1.165, 1.54) is 0 Å². The molecule has 11 heteroatoms. The molecular weight excluding hydrogens is 560 g/mol. The number of aliphatic hydroxyl groups excluding tert-OH is 2. The summed E-state index contributed by atoms with van der Waals surface area (Å²) in [6.45, 7) is 6.03. The number of aromatic nitrogens is 4. The maximum atomic E-state index is 14.4. The summed E-state index contributed by atoms with van der Waals surface area (Å²) in [7, 11) is 0. The van der Waals surface area contributed by atoms with Crippen molar-refractivity contribution in [3.63, 3.8) is 0 Å². The van der Waals surface area contributed by atoms with Crippen molar-refractivity contribution in [3.05, 3.63) is 87.1 Å². The molecule has 0 amide bonds. The van der Waals surface area contributed by atoms with Crippen LogP contribution in [0.1, 0.15) is 80.2 Å². The number of aliphatic hydroxyl groups is 2. The summed E-state index contributed by atoms with van der Waals surface area (Å²) in [5, 5.41) is 24.1. The largest absolute Gasteiger partial charge is 0.391 e. The highest BCUT2D eigenvalue weighted by atomic mass is 16.7. The fraction of sp³-hybridized carbons (Fsp3) is 0.455. The molecular formula is C33H40N6O5. The Kier molecular flexibility index (Phi) is 8.90. The highest BCUT2D eigenvalue weighted by Gasteiger charge is 2.29. The van der Waals surface area contributed by atoms with Gasteiger partial charge in [0, 0.05) is 23.6 Å². The van der Waals surface area contributed by atoms with Crippen LogP contribution in [0.25, 0.3) is 16.9 Å². The highest BCUT2D eigenvalue weighted by Crippen LogP contribution is 2.31. The van der Waals surface area contributed by atoms with Gasteiger partial charge in [-0.15, -0.1) is 0 Å². The predicted octanol–water partition coefficient (Wildman–Crippen LogP) is 3.85. The van der Waals surface area contributed by atoms with Crippen molar-refractivity contribution in [2.24, 2.45) is 4.99 Å². The average Bonchev–Trinajstić information content (AvgIpc) is 3.63. The lowest BCUT2D eigenvalue weighted by molar-refractivity contribution is -0.102. The number of hydroxylamine groups is 1. The molecule has 0 saturated heterocycles. The minimum absolute atomic E-state index is 0.00000187. The van der Waals surface area contributed by atoms with Crippen LogP contribution < -0.4 is 11.0 Å². The van der Waals surface area contributed by atoms with E-state index in [1.807, 2.05) is 52.4 Å². The Bertz CT molecular complexity index is 1700. The first kappa shape index (κ1) is 30.1. The SMILES string of the molecule is CCCc1c(Cc2ccc(-c3ccccc3C3=NC(O)ON3)cc2)c(=O)n(C2CCC(OCC(C)O)CC2)c2nc(C)nn12. The van der Waals surface area contributed by atoms with Crippen molar-refractivity contribution >= 4 is 11.6 Å². The van der Waals surface area contributed by atoms with E-state index in [2.05, 4.69) is 29.5 Å². The van der Waals surface area contributed by atoms with E-state index in [0.717, 1.165) is 72.0 Å². The van der Waals surface area contributed by atoms with Gasteiger partial charge in [-0.2, -0.15) is 10.1 Å². The molecule has 1 aliphatic carbocycles. The third-order valence-electron chi connectivity index (χ3n) is 8.39. The Hall–Kier alpha value is -3.90. The lowest BCUT2D eigenvalue weighted by Gasteiger charge is -2.30. The minimum atomic E-state index is -1.23. The Morgan fingerprint density at radius 2 is 1.82 bits per heavy atom. The number of nitrogens with zero attached hydrogens (tertiary/aromatic N) is 5. The molecule has 0 bridgehead atoms. The molecule has 1 saturated carbocycles. The van der Waals surface area contributed by atoms with Gasteiger partial charge in [0.25, 0.3) is 12.0 Å². The summed E-state index contributed by atoms with van der Waals surface area (Å²) in [5.74, 6) is 1.73. The number of fused-ring (bicyclic) bond motifs is 1. The predicted molar refractivity (Wildman–Crippen MR) is 166 cm³/mol. The molecule has 232 valence electrons. The van der Waals surface area contributed by atoms with Crippen molar-refractivity contribution in [1.82, 2.24) is 24.6 Å². The van der Waals surface area contributed by atoms with Crippen LogP contribution in [0.4, 0.5) is 0 Å². The number of aliphatic imine (C=N–C) groups is 1. The number of ether oxygens (including phenoxy) is 1. The van der Waals surface area contributed by atoms with Gasteiger partial charge in [-0.3, -0.25) is 9.36 Å². The van der Waals surface area contributed by atoms with E-state index in [9.17, 15) is 15.0 Å². The molecule has 6 rings (SSSR count). The summed E-state index contributed by atoms with van der Waals surface area (Å²) in [6, 6.07) is 16.0. The van der Waals surface area contributed by atoms with E-state index < -0.39 is 12.5 Å². The van der Waals surface area contributed by atoms with Crippen molar-refractivity contribution < 1.29 is 19.8 Å². The van der Waals surface area contributed by atoms with Crippen LogP contribution in [0.15, 0.2) is 58.3 Å². The van der Waals surface area contributed by atoms with Gasteiger partial charge < -0.3 is 14.9 Å². The Balaban J connectivity index is 1.32. The first-order chi connectivity index (χ1) is 21.3. The molecule has 2 unspecified atom stereocenters. The maximum Gasteiger partial charge on any atom is 0.280 e. The fourth-order valence-corrected chi connectivity index (χ4v) is 6.32. The average molecular weight is 601 g/mol. The first-order valence-electron chi connectivity index (χ1n) is 15.5. The summed E-state index contributed by atoms with van der Waals surface area (Å²) in [4.78, 5) is 28.2. The van der Waals surface area contributed by atoms with Crippen molar-refractivity contribution in [2.75, 3.05) is 6.61 Å². The van der Waals surface area contributed by atoms with Gasteiger partial charge in [-0.05, 0) is 62.6 Å². The lowest BCUT2D eigenvalue weighted by atomic mass is 9.92. The zero-order valence-electron chi connectivity index (χ0n) is 25.4. The number of hydrogen-bond acceptors (Lipinski definition) is 9. The smallest absolute Gasteiger partial charge is 0.280 e. The molecule has 4 aromatic rings. The van der Waals surface area contributed by atoms with Crippen LogP contribution in [-0.2, 0) is 22.4 Å². The standard InChI is InChI=1S/C33H40N6O5/c1-4-7-29-28(18-22-10-12-23(13-11-22)26-8-5-6-9-27(26)30-35-33(42)44-37-30)31(41)38(32-34-21(3)36-39(29)32)24-14-16-25(17-15-24)43-19-20(2)40/h5-6,8-13,20,24-25,33,40,42H,4,7,14-19H2,1-3H3,(H,35,37). The summed E-state index contributed by atoms with van der Waals surface area (Å²) >= 11 is 0. The second-order valence-electron chi connectivity index (χ2n) is 11.8. The Morgan fingerprint density at radius 1 is 1.09 bits per heavy atom. The topological polar surface area (TPSA) is 136 Å². The van der Waals surface area contributed by atoms with Crippen LogP contribution in [0, 0.1) is 6.92 Å². The van der Waals surface area contributed by atoms with E-state index in [-0.39, 0.29) is 17.7 Å². The van der Waals surface area contributed by atoms with E-state index in [4.69, 9.17) is 19.7 Å². The van der Waals surface area contributed by atoms with Crippen LogP contribution >= 0.6 is 0 Å². The molecule has 2 aromatic carbocycles. The number of aryl methyl sites for hydroxylation is 2. The fourth-order valence-electron chi connectivity index (χ4n) is 6.32. The molecule has 3 N–H and O–H groups in total. The number of nitrogens with one attached hydrogen (secondary N) is 1. The molecule has 1 aliphatic heterocycles. The van der Waals surface area contributed by atoms with Gasteiger partial charge in [0.1, 0.15) is 5.82 Å². The molecule has 2 atom stereocenters. The second kappa shape index (κ2) is 13.0. The Morgan fingerprint density at radius 3 is 2.48 bits per heavy atom. The first-order valence-corrected chi connectivity index (χ1v) is 15.5. The Labute approximate surface area is 256 Å². The molecule has 1 fully saturated rings.